The topological polar surface area (TPSA) is 55.7 Å². The van der Waals surface area contributed by atoms with Gasteiger partial charge in [0.2, 0.25) is 0 Å². The molecule has 0 radical (unpaired) electrons. The maximum Gasteiger partial charge on any atom is 0.173 e. The van der Waals surface area contributed by atoms with Crippen molar-refractivity contribution in [2.45, 2.75) is 37.5 Å². The number of benzene rings is 6. The highest BCUT2D eigenvalue weighted by molar-refractivity contribution is 8.02. The summed E-state index contributed by atoms with van der Waals surface area (Å²) < 4.78 is 15.5. The molecule has 7 aromatic rings. The minimum atomic E-state index is -3.12. The minimum absolute atomic E-state index is 0.645. The van der Waals surface area contributed by atoms with E-state index in [0.29, 0.717) is 17.5 Å². The lowest BCUT2D eigenvalue weighted by Crippen LogP contribution is -2.30. The Labute approximate surface area is 291 Å². The third-order valence-electron chi connectivity index (χ3n) is 9.68. The van der Waals surface area contributed by atoms with Crippen LogP contribution in [0.2, 0.25) is 0 Å². The molecule has 1 aliphatic rings. The van der Waals surface area contributed by atoms with Gasteiger partial charge in [0.25, 0.3) is 0 Å². The summed E-state index contributed by atoms with van der Waals surface area (Å²) in [5, 5.41) is 2.66. The highest BCUT2D eigenvalue weighted by Gasteiger charge is 2.38. The fraction of sp³-hybridized carbons (Fsp3) is 0.0930. The van der Waals surface area contributed by atoms with Gasteiger partial charge in [-0.3, -0.25) is 0 Å². The maximum atomic E-state index is 15.5. The summed E-state index contributed by atoms with van der Waals surface area (Å²) in [4.78, 5) is 17.2. The van der Waals surface area contributed by atoms with Gasteiger partial charge in [-0.1, -0.05) is 121 Å². The van der Waals surface area contributed by atoms with Crippen LogP contribution in [0.25, 0.3) is 45.3 Å². The number of rotatable bonds is 5. The highest BCUT2D eigenvalue weighted by Crippen LogP contribution is 2.53. The second kappa shape index (κ2) is 12.4. The summed E-state index contributed by atoms with van der Waals surface area (Å²) in [6, 6.07) is 44.8. The summed E-state index contributed by atoms with van der Waals surface area (Å²) in [7, 11) is -3.12. The van der Waals surface area contributed by atoms with Gasteiger partial charge in [0, 0.05) is 42.4 Å². The van der Waals surface area contributed by atoms with Crippen LogP contribution in [0.1, 0.15) is 22.3 Å². The minimum Gasteiger partial charge on any atom is -0.309 e. The van der Waals surface area contributed by atoms with Gasteiger partial charge in [-0.2, -0.15) is 0 Å². The predicted octanol–water partition coefficient (Wildman–Crippen LogP) is 9.88. The number of fused-ring (bicyclic) bond motifs is 2. The standard InChI is InChI=1S/C43H34N3OPS/c1-27-29(3)40(43-45-41(31-16-8-5-9-17-31)44-42(46-43)32-18-10-6-11-19-32)30(4)28(2)39(27)33-24-25-38-36(26-33)48(47,34-20-12-7-13-21-34)35-22-14-15-23-37(35)49-38/h5-26H,1-4H3. The average molecular weight is 672 g/mol. The van der Waals surface area contributed by atoms with Crippen LogP contribution in [-0.2, 0) is 4.57 Å². The molecule has 1 atom stereocenters. The van der Waals surface area contributed by atoms with E-state index in [0.717, 1.165) is 75.8 Å². The molecule has 238 valence electrons. The van der Waals surface area contributed by atoms with Crippen molar-refractivity contribution < 1.29 is 4.57 Å². The number of hydrogen-bond donors (Lipinski definition) is 0. The van der Waals surface area contributed by atoms with Gasteiger partial charge >= 0.3 is 0 Å². The number of aromatic nitrogens is 3. The van der Waals surface area contributed by atoms with Gasteiger partial charge in [-0.15, -0.1) is 0 Å². The molecule has 0 saturated carbocycles. The lowest BCUT2D eigenvalue weighted by Gasteiger charge is -2.29. The van der Waals surface area contributed by atoms with Crippen molar-refractivity contribution in [3.8, 4) is 45.3 Å². The Balaban J connectivity index is 1.31. The van der Waals surface area contributed by atoms with Crippen LogP contribution < -0.4 is 15.9 Å². The molecule has 0 fully saturated rings. The normalized spacial score (nSPS) is 15.0. The van der Waals surface area contributed by atoms with Gasteiger partial charge in [-0.05, 0) is 85.3 Å². The second-order valence-corrected chi connectivity index (χ2v) is 16.3. The molecule has 0 spiro atoms. The zero-order chi connectivity index (χ0) is 33.7. The molecule has 6 heteroatoms. The van der Waals surface area contributed by atoms with Gasteiger partial charge in [0.05, 0.1) is 0 Å². The summed E-state index contributed by atoms with van der Waals surface area (Å²) >= 11 is 1.70. The van der Waals surface area contributed by atoms with Crippen LogP contribution >= 0.6 is 18.9 Å². The second-order valence-electron chi connectivity index (χ2n) is 12.5. The quantitative estimate of drug-likeness (QED) is 0.171. The molecule has 8 rings (SSSR count). The summed E-state index contributed by atoms with van der Waals surface area (Å²) in [6.45, 7) is 8.68. The van der Waals surface area contributed by atoms with Gasteiger partial charge in [0.1, 0.15) is 0 Å². The first kappa shape index (κ1) is 31.2. The maximum absolute atomic E-state index is 15.5. The van der Waals surface area contributed by atoms with Crippen LogP contribution in [0.3, 0.4) is 0 Å². The van der Waals surface area contributed by atoms with E-state index in [-0.39, 0.29) is 0 Å². The Morgan fingerprint density at radius 2 is 0.918 bits per heavy atom. The van der Waals surface area contributed by atoms with Crippen molar-refractivity contribution in [3.05, 3.63) is 156 Å². The van der Waals surface area contributed by atoms with Crippen LogP contribution in [0.4, 0.5) is 0 Å². The van der Waals surface area contributed by atoms with E-state index in [9.17, 15) is 0 Å². The van der Waals surface area contributed by atoms with Crippen molar-refractivity contribution in [1.29, 1.82) is 0 Å². The van der Waals surface area contributed by atoms with E-state index in [1.54, 1.807) is 11.8 Å². The molecular weight excluding hydrogens is 638 g/mol. The van der Waals surface area contributed by atoms with Crippen LogP contribution in [0, 0.1) is 27.7 Å². The monoisotopic (exact) mass is 671 g/mol. The molecule has 1 aromatic heterocycles. The Bertz CT molecular complexity index is 2340. The summed E-state index contributed by atoms with van der Waals surface area (Å²) in [5.41, 5.74) is 9.67. The third-order valence-corrected chi connectivity index (χ3v) is 14.3. The highest BCUT2D eigenvalue weighted by atomic mass is 32.2. The van der Waals surface area contributed by atoms with E-state index in [1.807, 2.05) is 109 Å². The lowest BCUT2D eigenvalue weighted by molar-refractivity contribution is 0.591. The average Bonchev–Trinajstić information content (AvgIpc) is 3.15. The molecule has 2 heterocycles. The Kier molecular flexibility index (Phi) is 7.90. The van der Waals surface area contributed by atoms with Crippen molar-refractivity contribution in [3.63, 3.8) is 0 Å². The first-order chi connectivity index (χ1) is 23.8. The Hall–Kier alpha value is -5.09. The first-order valence-electron chi connectivity index (χ1n) is 16.4. The molecule has 0 bridgehead atoms. The molecule has 4 nitrogen and oxygen atoms in total. The smallest absolute Gasteiger partial charge is 0.173 e. The molecule has 0 N–H and O–H groups in total. The van der Waals surface area contributed by atoms with Crippen molar-refractivity contribution >= 4 is 34.8 Å². The zero-order valence-corrected chi connectivity index (χ0v) is 29.5. The van der Waals surface area contributed by atoms with Crippen LogP contribution in [0.5, 0.6) is 0 Å². The summed E-state index contributed by atoms with van der Waals surface area (Å²) in [6.07, 6.45) is 0. The first-order valence-corrected chi connectivity index (χ1v) is 18.9. The van der Waals surface area contributed by atoms with E-state index in [4.69, 9.17) is 15.0 Å². The fourth-order valence-electron chi connectivity index (χ4n) is 6.97. The fourth-order valence-corrected chi connectivity index (χ4v) is 11.7. The molecule has 1 aliphatic heterocycles. The number of hydrogen-bond acceptors (Lipinski definition) is 5. The van der Waals surface area contributed by atoms with Crippen molar-refractivity contribution in [2.75, 3.05) is 0 Å². The lowest BCUT2D eigenvalue weighted by atomic mass is 9.85. The zero-order valence-electron chi connectivity index (χ0n) is 27.8. The van der Waals surface area contributed by atoms with Crippen LogP contribution in [-0.4, -0.2) is 15.0 Å². The van der Waals surface area contributed by atoms with Crippen molar-refractivity contribution in [1.82, 2.24) is 15.0 Å². The van der Waals surface area contributed by atoms with E-state index < -0.39 is 7.14 Å². The predicted molar refractivity (Wildman–Crippen MR) is 204 cm³/mol. The molecule has 0 aliphatic carbocycles. The molecule has 6 aromatic carbocycles. The van der Waals surface area contributed by atoms with E-state index >= 15 is 4.57 Å². The van der Waals surface area contributed by atoms with Gasteiger partial charge in [-0.25, -0.2) is 15.0 Å². The van der Waals surface area contributed by atoms with E-state index in [2.05, 4.69) is 52.0 Å². The van der Waals surface area contributed by atoms with Gasteiger partial charge in [0.15, 0.2) is 24.6 Å². The molecule has 0 saturated heterocycles. The summed E-state index contributed by atoms with van der Waals surface area (Å²) in [5.74, 6) is 1.95. The SMILES string of the molecule is Cc1c(C)c(-c2nc(-c3ccccc3)nc(-c3ccccc3)n2)c(C)c(C)c1-c1ccc2c(c1)P(=O)(c1ccccc1)c1ccccc1S2. The van der Waals surface area contributed by atoms with Crippen LogP contribution in [0.15, 0.2) is 143 Å². The van der Waals surface area contributed by atoms with Crippen molar-refractivity contribution in [2.24, 2.45) is 0 Å². The molecule has 0 amide bonds. The Morgan fingerprint density at radius 1 is 0.449 bits per heavy atom. The largest absolute Gasteiger partial charge is 0.309 e. The Morgan fingerprint density at radius 3 is 1.51 bits per heavy atom. The van der Waals surface area contributed by atoms with E-state index in [1.165, 1.54) is 0 Å². The van der Waals surface area contributed by atoms with Gasteiger partial charge < -0.3 is 4.57 Å². The molecule has 49 heavy (non-hydrogen) atoms. The molecular formula is C43H34N3OPS. The molecule has 1 unspecified atom stereocenters. The third kappa shape index (κ3) is 5.25. The number of nitrogens with zero attached hydrogens (tertiary/aromatic N) is 3.